The van der Waals surface area contributed by atoms with E-state index >= 15 is 0 Å². The van der Waals surface area contributed by atoms with E-state index in [-0.39, 0.29) is 5.91 Å². The maximum atomic E-state index is 12.9. The van der Waals surface area contributed by atoms with Crippen LogP contribution >= 0.6 is 0 Å². The van der Waals surface area contributed by atoms with E-state index in [0.29, 0.717) is 31.8 Å². The van der Waals surface area contributed by atoms with Gasteiger partial charge in [0, 0.05) is 25.7 Å². The second-order valence-electron chi connectivity index (χ2n) is 6.75. The molecule has 5 heteroatoms. The van der Waals surface area contributed by atoms with Crippen molar-refractivity contribution < 1.29 is 13.9 Å². The summed E-state index contributed by atoms with van der Waals surface area (Å²) in [7, 11) is 1.70. The van der Waals surface area contributed by atoms with Gasteiger partial charge in [-0.25, -0.2) is 0 Å². The highest BCUT2D eigenvalue weighted by Gasteiger charge is 2.38. The van der Waals surface area contributed by atoms with Crippen LogP contribution in [0.15, 0.2) is 22.8 Å². The van der Waals surface area contributed by atoms with E-state index in [4.69, 9.17) is 9.15 Å². The largest absolute Gasteiger partial charge is 0.468 e. The van der Waals surface area contributed by atoms with Gasteiger partial charge in [0.1, 0.15) is 5.76 Å². The first-order chi connectivity index (χ1) is 11.3. The molecular formula is C18H28N2O3. The van der Waals surface area contributed by atoms with Crippen LogP contribution in [0.4, 0.5) is 0 Å². The fourth-order valence-corrected chi connectivity index (χ4v) is 3.57. The molecule has 128 valence electrons. The molecule has 1 aromatic heterocycles. The van der Waals surface area contributed by atoms with Crippen LogP contribution in [-0.4, -0.2) is 54.6 Å². The first-order valence-corrected chi connectivity index (χ1v) is 8.83. The van der Waals surface area contributed by atoms with Gasteiger partial charge in [0.05, 0.1) is 26.0 Å². The van der Waals surface area contributed by atoms with E-state index in [9.17, 15) is 4.79 Å². The van der Waals surface area contributed by atoms with E-state index < -0.39 is 0 Å². The lowest BCUT2D eigenvalue weighted by atomic mass is 10.2. The van der Waals surface area contributed by atoms with Crippen LogP contribution in [0.2, 0.25) is 0 Å². The molecule has 1 heterocycles. The van der Waals surface area contributed by atoms with Crippen molar-refractivity contribution in [1.82, 2.24) is 9.80 Å². The summed E-state index contributed by atoms with van der Waals surface area (Å²) in [5.74, 6) is 1.18. The number of ether oxygens (including phenoxy) is 1. The molecule has 0 N–H and O–H groups in total. The highest BCUT2D eigenvalue weighted by atomic mass is 16.5. The number of methoxy groups -OCH3 is 1. The number of carbonyl (C=O) groups is 1. The number of hydrogen-bond acceptors (Lipinski definition) is 4. The van der Waals surface area contributed by atoms with Crippen LogP contribution in [-0.2, 0) is 16.1 Å². The van der Waals surface area contributed by atoms with Gasteiger partial charge in [-0.15, -0.1) is 0 Å². The molecule has 0 aliphatic heterocycles. The van der Waals surface area contributed by atoms with Gasteiger partial charge in [-0.1, -0.05) is 12.8 Å². The predicted molar refractivity (Wildman–Crippen MR) is 88.0 cm³/mol. The molecular weight excluding hydrogens is 292 g/mol. The van der Waals surface area contributed by atoms with Crippen LogP contribution in [0, 0.1) is 0 Å². The molecule has 0 unspecified atom stereocenters. The van der Waals surface area contributed by atoms with Crippen LogP contribution in [0.25, 0.3) is 0 Å². The maximum Gasteiger partial charge on any atom is 0.237 e. The molecule has 2 aliphatic rings. The molecule has 0 saturated heterocycles. The summed E-state index contributed by atoms with van der Waals surface area (Å²) in [4.78, 5) is 17.3. The number of carbonyl (C=O) groups excluding carboxylic acids is 1. The molecule has 0 radical (unpaired) electrons. The zero-order chi connectivity index (χ0) is 16.1. The number of amides is 1. The van der Waals surface area contributed by atoms with Crippen molar-refractivity contribution in [2.75, 3.05) is 26.8 Å². The van der Waals surface area contributed by atoms with Crippen molar-refractivity contribution in [1.29, 1.82) is 0 Å². The number of nitrogens with zero attached hydrogens (tertiary/aromatic N) is 2. The third-order valence-corrected chi connectivity index (χ3v) is 4.88. The Balaban J connectivity index is 1.60. The average molecular weight is 320 g/mol. The Bertz CT molecular complexity index is 478. The third kappa shape index (κ3) is 4.58. The zero-order valence-electron chi connectivity index (χ0n) is 14.1. The lowest BCUT2D eigenvalue weighted by Crippen LogP contribution is -2.46. The van der Waals surface area contributed by atoms with Crippen molar-refractivity contribution in [3.05, 3.63) is 24.2 Å². The minimum absolute atomic E-state index is 0.280. The summed E-state index contributed by atoms with van der Waals surface area (Å²) >= 11 is 0. The summed E-state index contributed by atoms with van der Waals surface area (Å²) in [5, 5.41) is 0. The van der Waals surface area contributed by atoms with E-state index in [0.717, 1.165) is 12.3 Å². The summed E-state index contributed by atoms with van der Waals surface area (Å²) in [6.45, 7) is 2.48. The monoisotopic (exact) mass is 320 g/mol. The van der Waals surface area contributed by atoms with Crippen molar-refractivity contribution in [2.45, 2.75) is 57.2 Å². The van der Waals surface area contributed by atoms with E-state index in [1.807, 2.05) is 12.1 Å². The van der Waals surface area contributed by atoms with Gasteiger partial charge in [0.25, 0.3) is 0 Å². The van der Waals surface area contributed by atoms with Gasteiger partial charge in [0.2, 0.25) is 5.91 Å². The Morgan fingerprint density at radius 2 is 2.00 bits per heavy atom. The van der Waals surface area contributed by atoms with E-state index in [2.05, 4.69) is 9.80 Å². The average Bonchev–Trinajstić information content (AvgIpc) is 3.02. The Kier molecular flexibility index (Phi) is 5.73. The Morgan fingerprint density at radius 1 is 1.26 bits per heavy atom. The minimum atomic E-state index is 0.280. The molecule has 0 spiro atoms. The highest BCUT2D eigenvalue weighted by molar-refractivity contribution is 5.79. The SMILES string of the molecule is COCCN(CC(=O)N(C1CCCC1)C1CC1)Cc1ccco1. The lowest BCUT2D eigenvalue weighted by molar-refractivity contribution is -0.135. The zero-order valence-corrected chi connectivity index (χ0v) is 14.1. The summed E-state index contributed by atoms with van der Waals surface area (Å²) in [6.07, 6.45) is 8.93. The molecule has 1 amide bonds. The number of rotatable bonds is 9. The number of hydrogen-bond donors (Lipinski definition) is 0. The van der Waals surface area contributed by atoms with Crippen LogP contribution in [0.3, 0.4) is 0 Å². The van der Waals surface area contributed by atoms with Crippen molar-refractivity contribution in [3.63, 3.8) is 0 Å². The fraction of sp³-hybridized carbons (Fsp3) is 0.722. The quantitative estimate of drug-likeness (QED) is 0.702. The molecule has 2 saturated carbocycles. The molecule has 2 aliphatic carbocycles. The van der Waals surface area contributed by atoms with E-state index in [1.165, 1.54) is 38.5 Å². The number of furan rings is 1. The smallest absolute Gasteiger partial charge is 0.237 e. The van der Waals surface area contributed by atoms with E-state index in [1.54, 1.807) is 13.4 Å². The molecule has 3 rings (SSSR count). The standard InChI is InChI=1S/C18H28N2O3/c1-22-12-10-19(13-17-7-4-11-23-17)14-18(21)20(16-8-9-16)15-5-2-3-6-15/h4,7,11,15-16H,2-3,5-6,8-10,12-14H2,1H3. The lowest BCUT2D eigenvalue weighted by Gasteiger charge is -2.31. The Labute approximate surface area is 138 Å². The topological polar surface area (TPSA) is 45.9 Å². The molecule has 0 atom stereocenters. The molecule has 5 nitrogen and oxygen atoms in total. The summed E-state index contributed by atoms with van der Waals surface area (Å²) in [6, 6.07) is 4.82. The maximum absolute atomic E-state index is 12.9. The first kappa shape index (κ1) is 16.5. The van der Waals surface area contributed by atoms with Gasteiger partial charge < -0.3 is 14.1 Å². The van der Waals surface area contributed by atoms with Crippen molar-refractivity contribution >= 4 is 5.91 Å². The second-order valence-corrected chi connectivity index (χ2v) is 6.75. The molecule has 2 fully saturated rings. The van der Waals surface area contributed by atoms with Crippen molar-refractivity contribution in [3.8, 4) is 0 Å². The van der Waals surface area contributed by atoms with Gasteiger partial charge >= 0.3 is 0 Å². The molecule has 0 aromatic carbocycles. The summed E-state index contributed by atoms with van der Waals surface area (Å²) < 4.78 is 10.6. The van der Waals surface area contributed by atoms with Gasteiger partial charge in [0.15, 0.2) is 0 Å². The van der Waals surface area contributed by atoms with Crippen LogP contribution < -0.4 is 0 Å². The Morgan fingerprint density at radius 3 is 2.61 bits per heavy atom. The molecule has 0 bridgehead atoms. The Hall–Kier alpha value is -1.33. The van der Waals surface area contributed by atoms with Crippen molar-refractivity contribution in [2.24, 2.45) is 0 Å². The third-order valence-electron chi connectivity index (χ3n) is 4.88. The molecule has 1 aromatic rings. The van der Waals surface area contributed by atoms with Gasteiger partial charge in [-0.3, -0.25) is 9.69 Å². The summed E-state index contributed by atoms with van der Waals surface area (Å²) in [5.41, 5.74) is 0. The van der Waals surface area contributed by atoms with Gasteiger partial charge in [-0.2, -0.15) is 0 Å². The van der Waals surface area contributed by atoms with Gasteiger partial charge in [-0.05, 0) is 37.8 Å². The van der Waals surface area contributed by atoms with Crippen LogP contribution in [0.5, 0.6) is 0 Å². The first-order valence-electron chi connectivity index (χ1n) is 8.83. The molecule has 23 heavy (non-hydrogen) atoms. The predicted octanol–water partition coefficient (Wildman–Crippen LogP) is 2.66. The highest BCUT2D eigenvalue weighted by Crippen LogP contribution is 2.34. The minimum Gasteiger partial charge on any atom is -0.468 e. The fourth-order valence-electron chi connectivity index (χ4n) is 3.57. The normalized spacial score (nSPS) is 18.7. The second kappa shape index (κ2) is 7.97. The van der Waals surface area contributed by atoms with Crippen LogP contribution in [0.1, 0.15) is 44.3 Å².